The lowest BCUT2D eigenvalue weighted by Crippen LogP contribution is -2.51. The molecule has 11 heteroatoms. The van der Waals surface area contributed by atoms with Gasteiger partial charge >= 0.3 is 5.97 Å². The second kappa shape index (κ2) is 12.4. The van der Waals surface area contributed by atoms with E-state index in [1.54, 1.807) is 0 Å². The van der Waals surface area contributed by atoms with Gasteiger partial charge in [-0.2, -0.15) is 0 Å². The molecule has 0 aromatic rings. The SMILES string of the molecule is CCC(CC)[C@H](NC(C)=O)C1[C@H](N=C(N)N)C[C@H](C(=O)O)[C@H]1O.O.O.O. The third kappa shape index (κ3) is 6.75. The zero-order valence-corrected chi connectivity index (χ0v) is 15.4. The average Bonchev–Trinajstić information content (AvgIpc) is 2.74. The van der Waals surface area contributed by atoms with Crippen LogP contribution in [0.25, 0.3) is 0 Å². The first-order chi connectivity index (χ1) is 10.7. The third-order valence-corrected chi connectivity index (χ3v) is 4.72. The van der Waals surface area contributed by atoms with Gasteiger partial charge in [-0.1, -0.05) is 26.7 Å². The highest BCUT2D eigenvalue weighted by Gasteiger charge is 2.50. The molecule has 1 rings (SSSR count). The number of aliphatic carboxylic acids is 1. The molecule has 0 aromatic carbocycles. The molecule has 0 aromatic heterocycles. The number of hydrogen-bond acceptors (Lipinski definition) is 4. The summed E-state index contributed by atoms with van der Waals surface area (Å²) in [4.78, 5) is 27.1. The molecule has 0 heterocycles. The molecule has 0 aliphatic heterocycles. The van der Waals surface area contributed by atoms with E-state index >= 15 is 0 Å². The summed E-state index contributed by atoms with van der Waals surface area (Å²) in [5.41, 5.74) is 10.9. The molecule has 156 valence electrons. The summed E-state index contributed by atoms with van der Waals surface area (Å²) in [6, 6.07) is -0.913. The second-order valence-corrected chi connectivity index (χ2v) is 6.17. The number of amides is 1. The Hall–Kier alpha value is -1.95. The lowest BCUT2D eigenvalue weighted by molar-refractivity contribution is -0.145. The Balaban J connectivity index is -0.00000176. The Labute approximate surface area is 152 Å². The van der Waals surface area contributed by atoms with E-state index in [4.69, 9.17) is 11.5 Å². The predicted molar refractivity (Wildman–Crippen MR) is 97.4 cm³/mol. The summed E-state index contributed by atoms with van der Waals surface area (Å²) >= 11 is 0. The maximum atomic E-state index is 11.6. The van der Waals surface area contributed by atoms with Crippen molar-refractivity contribution >= 4 is 17.8 Å². The Morgan fingerprint density at radius 2 is 1.69 bits per heavy atom. The van der Waals surface area contributed by atoms with E-state index in [2.05, 4.69) is 10.3 Å². The van der Waals surface area contributed by atoms with Gasteiger partial charge in [-0.15, -0.1) is 0 Å². The van der Waals surface area contributed by atoms with Gasteiger partial charge in [0.2, 0.25) is 5.91 Å². The first-order valence-corrected chi connectivity index (χ1v) is 7.99. The molecule has 0 bridgehead atoms. The number of aliphatic hydroxyl groups excluding tert-OH is 1. The third-order valence-electron chi connectivity index (χ3n) is 4.72. The maximum absolute atomic E-state index is 11.6. The standard InChI is InChI=1S/C15H28N4O4.3H2O/c1-4-8(5-2)12(18-7(3)20)11-10(19-15(16)17)6-9(13(11)21)14(22)23;;;/h8-13,21H,4-6H2,1-3H3,(H,18,20)(H,22,23)(H4,16,17,19);3*1H2/t9-,10+,11?,12-,13+;;;/m0.../s1. The van der Waals surface area contributed by atoms with Crippen LogP contribution in [0.15, 0.2) is 4.99 Å². The van der Waals surface area contributed by atoms with Gasteiger partial charge in [0, 0.05) is 18.9 Å². The number of carbonyl (C=O) groups is 2. The van der Waals surface area contributed by atoms with Crippen LogP contribution in [0.5, 0.6) is 0 Å². The van der Waals surface area contributed by atoms with Crippen molar-refractivity contribution < 1.29 is 36.2 Å². The molecule has 1 unspecified atom stereocenters. The lowest BCUT2D eigenvalue weighted by atomic mass is 9.80. The lowest BCUT2D eigenvalue weighted by Gasteiger charge is -2.35. The Morgan fingerprint density at radius 3 is 2.04 bits per heavy atom. The van der Waals surface area contributed by atoms with E-state index in [1.807, 2.05) is 13.8 Å². The molecule has 1 fully saturated rings. The number of hydrogen-bond donors (Lipinski definition) is 5. The summed E-state index contributed by atoms with van der Waals surface area (Å²) in [5.74, 6) is -2.84. The van der Waals surface area contributed by atoms with Crippen molar-refractivity contribution in [1.82, 2.24) is 5.32 Å². The summed E-state index contributed by atoms with van der Waals surface area (Å²) in [7, 11) is 0. The number of aliphatic imine (C=N–C) groups is 1. The summed E-state index contributed by atoms with van der Waals surface area (Å²) < 4.78 is 0. The Morgan fingerprint density at radius 1 is 1.19 bits per heavy atom. The molecular weight excluding hydrogens is 348 g/mol. The highest BCUT2D eigenvalue weighted by molar-refractivity contribution is 5.76. The molecule has 13 N–H and O–H groups in total. The van der Waals surface area contributed by atoms with Crippen molar-refractivity contribution in [3.63, 3.8) is 0 Å². The highest BCUT2D eigenvalue weighted by Crippen LogP contribution is 2.39. The van der Waals surface area contributed by atoms with Gasteiger partial charge in [0.1, 0.15) is 0 Å². The van der Waals surface area contributed by atoms with Crippen molar-refractivity contribution in [3.8, 4) is 0 Å². The Kier molecular flexibility index (Phi) is 13.8. The molecule has 26 heavy (non-hydrogen) atoms. The number of aliphatic hydroxyl groups is 1. The van der Waals surface area contributed by atoms with E-state index < -0.39 is 30.0 Å². The second-order valence-electron chi connectivity index (χ2n) is 6.17. The number of carboxylic acid groups (broad SMARTS) is 1. The number of carbonyl (C=O) groups excluding carboxylic acids is 1. The molecule has 1 aliphatic rings. The topological polar surface area (TPSA) is 246 Å². The minimum Gasteiger partial charge on any atom is -0.481 e. The van der Waals surface area contributed by atoms with E-state index in [1.165, 1.54) is 6.92 Å². The molecule has 1 saturated carbocycles. The first-order valence-electron chi connectivity index (χ1n) is 7.99. The largest absolute Gasteiger partial charge is 0.481 e. The van der Waals surface area contributed by atoms with Crippen molar-refractivity contribution in [1.29, 1.82) is 0 Å². The smallest absolute Gasteiger partial charge is 0.309 e. The normalized spacial score (nSPS) is 25.1. The van der Waals surface area contributed by atoms with Crippen LogP contribution in [0.4, 0.5) is 0 Å². The number of guanidine groups is 1. The minimum atomic E-state index is -1.11. The van der Waals surface area contributed by atoms with Crippen LogP contribution in [-0.2, 0) is 9.59 Å². The van der Waals surface area contributed by atoms with Crippen LogP contribution >= 0.6 is 0 Å². The van der Waals surface area contributed by atoms with Gasteiger partial charge in [-0.25, -0.2) is 4.99 Å². The Bertz CT molecular complexity index is 467. The number of nitrogens with zero attached hydrogens (tertiary/aromatic N) is 1. The van der Waals surface area contributed by atoms with Gasteiger partial charge in [0.15, 0.2) is 5.96 Å². The fourth-order valence-corrected chi connectivity index (χ4v) is 3.64. The van der Waals surface area contributed by atoms with E-state index in [0.29, 0.717) is 0 Å². The van der Waals surface area contributed by atoms with Gasteiger partial charge in [-0.3, -0.25) is 9.59 Å². The minimum absolute atomic E-state index is 0. The summed E-state index contributed by atoms with van der Waals surface area (Å²) in [6.07, 6.45) is 0.612. The van der Waals surface area contributed by atoms with E-state index in [9.17, 15) is 19.8 Å². The molecular formula is C15H34N4O7. The highest BCUT2D eigenvalue weighted by atomic mass is 16.4. The van der Waals surface area contributed by atoms with Gasteiger partial charge in [0.05, 0.1) is 18.1 Å². The van der Waals surface area contributed by atoms with Crippen LogP contribution in [0.3, 0.4) is 0 Å². The van der Waals surface area contributed by atoms with Crippen molar-refractivity contribution in [2.45, 2.75) is 58.2 Å². The fourth-order valence-electron chi connectivity index (χ4n) is 3.64. The summed E-state index contributed by atoms with van der Waals surface area (Å²) in [6.45, 7) is 5.39. The van der Waals surface area contributed by atoms with Crippen LogP contribution in [-0.4, -0.2) is 62.7 Å². The number of rotatable bonds is 7. The molecule has 0 spiro atoms. The van der Waals surface area contributed by atoms with Crippen LogP contribution in [0, 0.1) is 17.8 Å². The zero-order chi connectivity index (χ0) is 17.7. The number of nitrogens with one attached hydrogen (secondary N) is 1. The summed E-state index contributed by atoms with van der Waals surface area (Å²) in [5, 5.41) is 22.7. The molecule has 0 saturated heterocycles. The van der Waals surface area contributed by atoms with Gasteiger partial charge in [0.25, 0.3) is 0 Å². The van der Waals surface area contributed by atoms with Crippen molar-refractivity contribution in [3.05, 3.63) is 0 Å². The van der Waals surface area contributed by atoms with Crippen LogP contribution in [0.1, 0.15) is 40.0 Å². The van der Waals surface area contributed by atoms with E-state index in [-0.39, 0.29) is 46.7 Å². The predicted octanol–water partition coefficient (Wildman–Crippen LogP) is -2.82. The van der Waals surface area contributed by atoms with Gasteiger partial charge in [-0.05, 0) is 12.3 Å². The average molecular weight is 382 g/mol. The molecule has 11 nitrogen and oxygen atoms in total. The van der Waals surface area contributed by atoms with Crippen molar-refractivity contribution in [2.24, 2.45) is 34.2 Å². The van der Waals surface area contributed by atoms with Crippen LogP contribution in [0.2, 0.25) is 0 Å². The zero-order valence-electron chi connectivity index (χ0n) is 15.4. The number of nitrogens with two attached hydrogens (primary N) is 2. The molecule has 1 amide bonds. The van der Waals surface area contributed by atoms with Crippen LogP contribution < -0.4 is 16.8 Å². The first kappa shape index (κ1) is 28.8. The van der Waals surface area contributed by atoms with E-state index in [0.717, 1.165) is 12.8 Å². The monoisotopic (exact) mass is 382 g/mol. The molecule has 1 aliphatic carbocycles. The van der Waals surface area contributed by atoms with Gasteiger partial charge < -0.3 is 43.4 Å². The molecule has 5 atom stereocenters. The molecule has 0 radical (unpaired) electrons. The maximum Gasteiger partial charge on any atom is 0.309 e. The van der Waals surface area contributed by atoms with Crippen molar-refractivity contribution in [2.75, 3.05) is 0 Å². The number of carboxylic acids is 1. The quantitative estimate of drug-likeness (QED) is 0.229. The fraction of sp³-hybridized carbons (Fsp3) is 0.800.